The van der Waals surface area contributed by atoms with Gasteiger partial charge in [-0.1, -0.05) is 30.7 Å². The van der Waals surface area contributed by atoms with Crippen molar-refractivity contribution in [1.29, 1.82) is 5.26 Å². The summed E-state index contributed by atoms with van der Waals surface area (Å²) >= 11 is 1.61. The summed E-state index contributed by atoms with van der Waals surface area (Å²) in [6.07, 6.45) is 8.98. The van der Waals surface area contributed by atoms with Crippen molar-refractivity contribution in [3.05, 3.63) is 51.4 Å². The summed E-state index contributed by atoms with van der Waals surface area (Å²) < 4.78 is 0. The molecule has 140 valence electrons. The zero-order valence-corrected chi connectivity index (χ0v) is 16.4. The number of nitriles is 1. The van der Waals surface area contributed by atoms with Crippen LogP contribution in [0.4, 0.5) is 5.00 Å². The lowest BCUT2D eigenvalue weighted by Gasteiger charge is -2.23. The molecule has 1 heterocycles. The van der Waals surface area contributed by atoms with Crippen LogP contribution in [0.15, 0.2) is 24.3 Å². The Morgan fingerprint density at radius 3 is 2.93 bits per heavy atom. The molecule has 1 amide bonds. The quantitative estimate of drug-likeness (QED) is 0.798. The number of hydrogen-bond acceptors (Lipinski definition) is 3. The first-order valence-electron chi connectivity index (χ1n) is 10.0. The van der Waals surface area contributed by atoms with Gasteiger partial charge in [-0.25, -0.2) is 0 Å². The molecule has 0 bridgehead atoms. The molecule has 1 atom stereocenters. The van der Waals surface area contributed by atoms with Crippen molar-refractivity contribution >= 4 is 22.2 Å². The van der Waals surface area contributed by atoms with Crippen molar-refractivity contribution in [3.8, 4) is 6.07 Å². The molecule has 0 unspecified atom stereocenters. The number of amides is 1. The number of benzene rings is 1. The second-order valence-electron chi connectivity index (χ2n) is 7.57. The number of nitrogens with one attached hydrogen (secondary N) is 1. The molecule has 2 aromatic rings. The van der Waals surface area contributed by atoms with E-state index in [2.05, 4.69) is 41.0 Å². The second kappa shape index (κ2) is 8.24. The summed E-state index contributed by atoms with van der Waals surface area (Å²) in [6, 6.07) is 11.3. The Morgan fingerprint density at radius 2 is 2.04 bits per heavy atom. The summed E-state index contributed by atoms with van der Waals surface area (Å²) in [4.78, 5) is 13.9. The van der Waals surface area contributed by atoms with Crippen molar-refractivity contribution < 1.29 is 10.1 Å². The van der Waals surface area contributed by atoms with Crippen LogP contribution in [-0.4, -0.2) is 12.5 Å². The van der Waals surface area contributed by atoms with Crippen LogP contribution in [0, 0.1) is 11.3 Å². The van der Waals surface area contributed by atoms with Gasteiger partial charge in [-0.3, -0.25) is 4.79 Å². The van der Waals surface area contributed by atoms with E-state index >= 15 is 0 Å². The Hall–Kier alpha value is -2.16. The molecule has 4 rings (SSSR count). The molecule has 0 spiro atoms. The van der Waals surface area contributed by atoms with Crippen molar-refractivity contribution in [2.24, 2.45) is 0 Å². The summed E-state index contributed by atoms with van der Waals surface area (Å²) in [6.45, 7) is 0.395. The number of nitrogens with zero attached hydrogens (tertiary/aromatic N) is 1. The van der Waals surface area contributed by atoms with Crippen molar-refractivity contribution in [2.75, 3.05) is 11.9 Å². The van der Waals surface area contributed by atoms with Crippen LogP contribution in [0.25, 0.3) is 0 Å². The van der Waals surface area contributed by atoms with Gasteiger partial charge in [0.1, 0.15) is 17.1 Å². The number of aryl methyl sites for hydroxylation is 2. The molecule has 1 aromatic carbocycles. The maximum Gasteiger partial charge on any atom is 0.280 e. The Labute approximate surface area is 164 Å². The zero-order valence-electron chi connectivity index (χ0n) is 15.6. The van der Waals surface area contributed by atoms with E-state index < -0.39 is 0 Å². The van der Waals surface area contributed by atoms with Gasteiger partial charge in [0.15, 0.2) is 6.54 Å². The standard InChI is InChI=1S/C22H25N3OS/c23-13-18-17-10-2-1-3-12-20(17)27-22(18)25-21(26)14-24-19-11-6-8-15-7-4-5-9-16(15)19/h4-5,7,9,19,24H,1-3,6,8,10-12,14H2,(H,25,26)/p+1/t19-/m1/s1. The van der Waals surface area contributed by atoms with Crippen molar-refractivity contribution in [1.82, 2.24) is 0 Å². The van der Waals surface area contributed by atoms with Gasteiger partial charge in [0.05, 0.1) is 5.56 Å². The minimum absolute atomic E-state index is 0.00837. The molecule has 4 nitrogen and oxygen atoms in total. The lowest BCUT2D eigenvalue weighted by molar-refractivity contribution is -0.687. The third-order valence-corrected chi connectivity index (χ3v) is 7.00. The van der Waals surface area contributed by atoms with E-state index in [0.717, 1.165) is 37.1 Å². The first-order chi connectivity index (χ1) is 13.3. The Balaban J connectivity index is 1.42. The van der Waals surface area contributed by atoms with E-state index in [0.29, 0.717) is 18.2 Å². The summed E-state index contributed by atoms with van der Waals surface area (Å²) in [7, 11) is 0. The van der Waals surface area contributed by atoms with Gasteiger partial charge in [0.25, 0.3) is 5.91 Å². The third kappa shape index (κ3) is 3.92. The van der Waals surface area contributed by atoms with Crippen LogP contribution in [0.5, 0.6) is 0 Å². The van der Waals surface area contributed by atoms with Crippen LogP contribution in [-0.2, 0) is 24.1 Å². The SMILES string of the molecule is N#Cc1c(NC(=O)C[NH2+][C@@H]2CCCc3ccccc32)sc2c1CCCCC2. The van der Waals surface area contributed by atoms with Crippen LogP contribution in [0.2, 0.25) is 0 Å². The molecule has 1 aromatic heterocycles. The normalized spacial score (nSPS) is 18.7. The molecular formula is C22H26N3OS+. The van der Waals surface area contributed by atoms with E-state index in [9.17, 15) is 10.1 Å². The first-order valence-corrected chi connectivity index (χ1v) is 10.8. The fourth-order valence-corrected chi connectivity index (χ4v) is 5.67. The van der Waals surface area contributed by atoms with Gasteiger partial charge in [-0.2, -0.15) is 5.26 Å². The minimum atomic E-state index is -0.00837. The van der Waals surface area contributed by atoms with Gasteiger partial charge < -0.3 is 10.6 Å². The lowest BCUT2D eigenvalue weighted by atomic mass is 9.88. The van der Waals surface area contributed by atoms with E-state index in [1.807, 2.05) is 0 Å². The highest BCUT2D eigenvalue weighted by Crippen LogP contribution is 2.36. The van der Waals surface area contributed by atoms with Gasteiger partial charge in [0.2, 0.25) is 0 Å². The number of carbonyl (C=O) groups excluding carboxylic acids is 1. The van der Waals surface area contributed by atoms with E-state index in [1.54, 1.807) is 11.3 Å². The van der Waals surface area contributed by atoms with E-state index in [1.165, 1.54) is 40.8 Å². The van der Waals surface area contributed by atoms with Gasteiger partial charge in [-0.05, 0) is 49.7 Å². The molecule has 0 saturated carbocycles. The zero-order chi connectivity index (χ0) is 18.6. The summed E-state index contributed by atoms with van der Waals surface area (Å²) in [5.74, 6) is -0.00837. The molecule has 2 aliphatic rings. The van der Waals surface area contributed by atoms with E-state index in [4.69, 9.17) is 0 Å². The predicted molar refractivity (Wildman–Crippen MR) is 108 cm³/mol. The molecule has 5 heteroatoms. The number of carbonyl (C=O) groups is 1. The van der Waals surface area contributed by atoms with Crippen molar-refractivity contribution in [2.45, 2.75) is 57.4 Å². The summed E-state index contributed by atoms with van der Waals surface area (Å²) in [5, 5.41) is 15.5. The molecule has 3 N–H and O–H groups in total. The highest BCUT2D eigenvalue weighted by Gasteiger charge is 2.24. The second-order valence-corrected chi connectivity index (χ2v) is 8.67. The van der Waals surface area contributed by atoms with Crippen LogP contribution in [0.3, 0.4) is 0 Å². The average molecular weight is 381 g/mol. The average Bonchev–Trinajstić information content (AvgIpc) is 2.85. The number of quaternary nitrogens is 1. The fraction of sp³-hybridized carbons (Fsp3) is 0.455. The van der Waals surface area contributed by atoms with Gasteiger partial charge >= 0.3 is 0 Å². The fourth-order valence-electron chi connectivity index (χ4n) is 4.41. The van der Waals surface area contributed by atoms with Crippen LogP contribution >= 0.6 is 11.3 Å². The smallest absolute Gasteiger partial charge is 0.280 e. The molecule has 2 aliphatic carbocycles. The Morgan fingerprint density at radius 1 is 1.19 bits per heavy atom. The molecule has 0 saturated heterocycles. The monoisotopic (exact) mass is 380 g/mol. The van der Waals surface area contributed by atoms with Crippen molar-refractivity contribution in [3.63, 3.8) is 0 Å². The molecule has 0 aliphatic heterocycles. The third-order valence-electron chi connectivity index (χ3n) is 5.79. The van der Waals surface area contributed by atoms with Crippen LogP contribution in [0.1, 0.15) is 65.3 Å². The maximum atomic E-state index is 12.6. The Bertz CT molecular complexity index is 880. The highest BCUT2D eigenvalue weighted by molar-refractivity contribution is 7.16. The number of anilines is 1. The largest absolute Gasteiger partial charge is 0.332 e. The lowest BCUT2D eigenvalue weighted by Crippen LogP contribution is -2.87. The highest BCUT2D eigenvalue weighted by atomic mass is 32.1. The number of rotatable bonds is 4. The maximum absolute atomic E-state index is 12.6. The van der Waals surface area contributed by atoms with Gasteiger partial charge in [0, 0.05) is 16.9 Å². The van der Waals surface area contributed by atoms with Crippen LogP contribution < -0.4 is 10.6 Å². The predicted octanol–water partition coefficient (Wildman–Crippen LogP) is 3.47. The number of nitrogens with two attached hydrogens (primary N) is 1. The van der Waals surface area contributed by atoms with Gasteiger partial charge in [-0.15, -0.1) is 11.3 Å². The molecule has 0 fully saturated rings. The molecule has 0 radical (unpaired) electrons. The first kappa shape index (κ1) is 18.2. The minimum Gasteiger partial charge on any atom is -0.332 e. The topological polar surface area (TPSA) is 69.5 Å². The summed E-state index contributed by atoms with van der Waals surface area (Å²) in [5.41, 5.74) is 4.67. The number of fused-ring (bicyclic) bond motifs is 2. The molecule has 27 heavy (non-hydrogen) atoms. The number of hydrogen-bond donors (Lipinski definition) is 2. The Kier molecular flexibility index (Phi) is 5.56. The van der Waals surface area contributed by atoms with E-state index in [-0.39, 0.29) is 5.91 Å². The number of thiophene rings is 1. The molecular weight excluding hydrogens is 354 g/mol.